The highest BCUT2D eigenvalue weighted by Gasteiger charge is 2.20. The summed E-state index contributed by atoms with van der Waals surface area (Å²) >= 11 is 0. The van der Waals surface area contributed by atoms with Gasteiger partial charge in [0.1, 0.15) is 22.8 Å². The lowest BCUT2D eigenvalue weighted by Gasteiger charge is -2.13. The predicted molar refractivity (Wildman–Crippen MR) is 187 cm³/mol. The fourth-order valence-electron chi connectivity index (χ4n) is 5.25. The molecule has 0 aliphatic rings. The van der Waals surface area contributed by atoms with Gasteiger partial charge in [-0.3, -0.25) is 9.52 Å². The van der Waals surface area contributed by atoms with E-state index in [9.17, 15) is 28.2 Å². The van der Waals surface area contributed by atoms with E-state index in [1.165, 1.54) is 19.2 Å². The second-order valence-corrected chi connectivity index (χ2v) is 13.0. The molecular weight excluding hydrogens is 644 g/mol. The fraction of sp³-hybridized carbons (Fsp3) is 0.158. The molecule has 0 aliphatic heterocycles. The molecule has 5 rings (SSSR count). The third kappa shape index (κ3) is 8.96. The molecule has 252 valence electrons. The summed E-state index contributed by atoms with van der Waals surface area (Å²) in [6.07, 6.45) is 1.31. The minimum Gasteiger partial charge on any atom is -0.508 e. The van der Waals surface area contributed by atoms with Gasteiger partial charge in [-0.25, -0.2) is 13.2 Å². The summed E-state index contributed by atoms with van der Waals surface area (Å²) in [5.74, 6) is -0.498. The van der Waals surface area contributed by atoms with Crippen molar-refractivity contribution >= 4 is 27.6 Å². The van der Waals surface area contributed by atoms with E-state index in [0.29, 0.717) is 37.2 Å². The average molecular weight is 681 g/mol. The number of carbonyl (C=O) groups excluding carboxylic acids is 1. The van der Waals surface area contributed by atoms with Crippen LogP contribution in [0, 0.1) is 6.92 Å². The van der Waals surface area contributed by atoms with Crippen molar-refractivity contribution in [3.05, 3.63) is 137 Å². The lowest BCUT2D eigenvalue weighted by Crippen LogP contribution is -2.22. The highest BCUT2D eigenvalue weighted by Crippen LogP contribution is 2.26. The summed E-state index contributed by atoms with van der Waals surface area (Å²) in [6, 6.07) is 30.6. The van der Waals surface area contributed by atoms with Gasteiger partial charge in [0.15, 0.2) is 0 Å². The van der Waals surface area contributed by atoms with Gasteiger partial charge in [0.25, 0.3) is 15.9 Å². The first-order valence-electron chi connectivity index (χ1n) is 15.5. The summed E-state index contributed by atoms with van der Waals surface area (Å²) < 4.78 is 39.5. The molecule has 0 unspecified atom stereocenters. The maximum Gasteiger partial charge on any atom is 0.339 e. The van der Waals surface area contributed by atoms with E-state index in [0.717, 1.165) is 39.6 Å². The lowest BCUT2D eigenvalue weighted by molar-refractivity contribution is 0.0692. The number of benzene rings is 5. The van der Waals surface area contributed by atoms with Crippen LogP contribution < -0.4 is 19.5 Å². The maximum absolute atomic E-state index is 13.0. The van der Waals surface area contributed by atoms with Gasteiger partial charge < -0.3 is 25.0 Å². The van der Waals surface area contributed by atoms with Gasteiger partial charge in [0.2, 0.25) is 0 Å². The number of nitrogens with one attached hydrogen (secondary N) is 2. The Morgan fingerprint density at radius 3 is 2.29 bits per heavy atom. The number of ether oxygens (including phenoxy) is 2. The largest absolute Gasteiger partial charge is 0.508 e. The minimum absolute atomic E-state index is 0.0663. The van der Waals surface area contributed by atoms with E-state index in [1.54, 1.807) is 48.5 Å². The molecule has 11 heteroatoms. The molecule has 0 aromatic heterocycles. The Balaban J connectivity index is 1.11. The van der Waals surface area contributed by atoms with Gasteiger partial charge in [-0.2, -0.15) is 0 Å². The van der Waals surface area contributed by atoms with Crippen molar-refractivity contribution < 1.29 is 37.7 Å². The van der Waals surface area contributed by atoms with Crippen molar-refractivity contribution in [2.24, 2.45) is 0 Å². The number of carboxylic acid groups (broad SMARTS) is 1. The van der Waals surface area contributed by atoms with Gasteiger partial charge in [0, 0.05) is 17.8 Å². The van der Waals surface area contributed by atoms with Crippen molar-refractivity contribution in [3.63, 3.8) is 0 Å². The first-order valence-corrected chi connectivity index (χ1v) is 16.9. The van der Waals surface area contributed by atoms with Crippen LogP contribution >= 0.6 is 0 Å². The number of phenolic OH excluding ortho intramolecular Hbond substituents is 1. The zero-order valence-corrected chi connectivity index (χ0v) is 27.8. The van der Waals surface area contributed by atoms with Crippen LogP contribution in [-0.2, 0) is 23.0 Å². The van der Waals surface area contributed by atoms with Crippen LogP contribution in [-0.4, -0.2) is 44.2 Å². The van der Waals surface area contributed by atoms with Crippen molar-refractivity contribution in [1.82, 2.24) is 5.32 Å². The number of sulfonamides is 1. The van der Waals surface area contributed by atoms with Crippen LogP contribution in [0.4, 0.5) is 5.69 Å². The van der Waals surface area contributed by atoms with Crippen LogP contribution in [0.1, 0.15) is 43.8 Å². The molecule has 0 heterocycles. The topological polar surface area (TPSA) is 151 Å². The number of carboxylic acids is 1. The minimum atomic E-state index is -4.04. The number of carbonyl (C=O) groups is 2. The zero-order valence-electron chi connectivity index (χ0n) is 27.0. The number of rotatable bonds is 14. The standard InChI is InChI=1S/C38H36N2O8S/c1-25-20-27(24-39-37(42)30-9-4-8-29(22-30)28-12-14-32(41)15-13-28)11-17-35(25)48-19-5-7-26-6-3-10-31(21-26)40-49(45,46)33-16-18-36(47-2)34(23-33)38(43)44/h3-4,6,8-18,20-23,40-41H,5,7,19,24H2,1-2H3,(H,39,42)(H,43,44). The van der Waals surface area contributed by atoms with Gasteiger partial charge in [-0.15, -0.1) is 0 Å². The second kappa shape index (κ2) is 15.4. The lowest BCUT2D eigenvalue weighted by atomic mass is 10.0. The van der Waals surface area contributed by atoms with Gasteiger partial charge in [0.05, 0.1) is 18.6 Å². The summed E-state index contributed by atoms with van der Waals surface area (Å²) in [5.41, 5.74) is 5.19. The number of anilines is 1. The third-order valence-corrected chi connectivity index (χ3v) is 9.15. The van der Waals surface area contributed by atoms with Crippen LogP contribution in [0.2, 0.25) is 0 Å². The van der Waals surface area contributed by atoms with Gasteiger partial charge in [-0.05, 0) is 108 Å². The van der Waals surface area contributed by atoms with Crippen molar-refractivity contribution in [3.8, 4) is 28.4 Å². The summed E-state index contributed by atoms with van der Waals surface area (Å²) in [6.45, 7) is 2.73. The zero-order chi connectivity index (χ0) is 35.0. The molecule has 0 saturated carbocycles. The Morgan fingerprint density at radius 1 is 0.796 bits per heavy atom. The van der Waals surface area contributed by atoms with Crippen LogP contribution in [0.15, 0.2) is 114 Å². The highest BCUT2D eigenvalue weighted by molar-refractivity contribution is 7.92. The van der Waals surface area contributed by atoms with Crippen LogP contribution in [0.3, 0.4) is 0 Å². The Bertz CT molecular complexity index is 2080. The summed E-state index contributed by atoms with van der Waals surface area (Å²) in [5, 5.41) is 21.9. The summed E-state index contributed by atoms with van der Waals surface area (Å²) in [7, 11) is -2.73. The smallest absolute Gasteiger partial charge is 0.339 e. The molecule has 0 bridgehead atoms. The SMILES string of the molecule is COc1ccc(S(=O)(=O)Nc2cccc(CCCOc3ccc(CNC(=O)c4cccc(-c5ccc(O)cc5)c4)cc3C)c2)cc1C(=O)O. The number of phenols is 1. The van der Waals surface area contributed by atoms with Crippen molar-refractivity contribution in [1.29, 1.82) is 0 Å². The number of hydrogen-bond donors (Lipinski definition) is 4. The molecule has 5 aromatic rings. The number of hydrogen-bond acceptors (Lipinski definition) is 7. The molecule has 0 spiro atoms. The van der Waals surface area contributed by atoms with E-state index in [4.69, 9.17) is 9.47 Å². The van der Waals surface area contributed by atoms with Crippen LogP contribution in [0.5, 0.6) is 17.2 Å². The second-order valence-electron chi connectivity index (χ2n) is 11.3. The number of aryl methyl sites for hydroxylation is 2. The Hall–Kier alpha value is -5.81. The fourth-order valence-corrected chi connectivity index (χ4v) is 6.32. The van der Waals surface area contributed by atoms with E-state index in [2.05, 4.69) is 10.0 Å². The molecule has 0 saturated heterocycles. The third-order valence-electron chi connectivity index (χ3n) is 7.78. The predicted octanol–water partition coefficient (Wildman–Crippen LogP) is 6.82. The van der Waals surface area contributed by atoms with Gasteiger partial charge in [-0.1, -0.05) is 48.5 Å². The molecule has 0 atom stereocenters. The number of amides is 1. The number of aromatic carboxylic acids is 1. The molecule has 4 N–H and O–H groups in total. The molecular formula is C38H36N2O8S. The molecule has 1 amide bonds. The Kier molecular flexibility index (Phi) is 10.8. The molecule has 0 radical (unpaired) electrons. The molecule has 5 aromatic carbocycles. The van der Waals surface area contributed by atoms with E-state index in [-0.39, 0.29) is 27.9 Å². The monoisotopic (exact) mass is 680 g/mol. The summed E-state index contributed by atoms with van der Waals surface area (Å²) in [4.78, 5) is 24.2. The van der Waals surface area contributed by atoms with Gasteiger partial charge >= 0.3 is 5.97 Å². The first-order chi connectivity index (χ1) is 23.5. The normalized spacial score (nSPS) is 11.1. The molecule has 10 nitrogen and oxygen atoms in total. The average Bonchev–Trinajstić information content (AvgIpc) is 3.09. The van der Waals surface area contributed by atoms with Crippen molar-refractivity contribution in [2.75, 3.05) is 18.4 Å². The number of methoxy groups -OCH3 is 1. The van der Waals surface area contributed by atoms with E-state index < -0.39 is 16.0 Å². The quantitative estimate of drug-likeness (QED) is 0.0934. The van der Waals surface area contributed by atoms with Crippen molar-refractivity contribution in [2.45, 2.75) is 31.2 Å². The van der Waals surface area contributed by atoms with E-state index >= 15 is 0 Å². The molecule has 0 fully saturated rings. The molecule has 49 heavy (non-hydrogen) atoms. The van der Waals surface area contributed by atoms with E-state index in [1.807, 2.05) is 49.4 Å². The Labute approximate surface area is 285 Å². The first kappa shape index (κ1) is 34.5. The highest BCUT2D eigenvalue weighted by atomic mass is 32.2. The maximum atomic E-state index is 13.0. The number of aromatic hydroxyl groups is 1. The molecule has 0 aliphatic carbocycles. The Morgan fingerprint density at radius 2 is 1.55 bits per heavy atom. The van der Waals surface area contributed by atoms with Crippen LogP contribution in [0.25, 0.3) is 11.1 Å².